The summed E-state index contributed by atoms with van der Waals surface area (Å²) in [4.78, 5) is 14.5. The average Bonchev–Trinajstić information content (AvgIpc) is 2.88. The fourth-order valence-electron chi connectivity index (χ4n) is 2.46. The maximum Gasteiger partial charge on any atom is 0.433 e. The highest BCUT2D eigenvalue weighted by Crippen LogP contribution is 2.30. The third kappa shape index (κ3) is 6.15. The van der Waals surface area contributed by atoms with Crippen molar-refractivity contribution in [3.05, 3.63) is 41.7 Å². The second-order valence-corrected chi connectivity index (χ2v) is 8.79. The molecule has 0 radical (unpaired) electrons. The lowest BCUT2D eigenvalue weighted by molar-refractivity contribution is -0.141. The maximum atomic E-state index is 14.7. The summed E-state index contributed by atoms with van der Waals surface area (Å²) in [7, 11) is -3.39. The van der Waals surface area contributed by atoms with Gasteiger partial charge in [0.2, 0.25) is 5.92 Å². The highest BCUT2D eigenvalue weighted by atomic mass is 32.2. The van der Waals surface area contributed by atoms with E-state index in [0.29, 0.717) is 13.0 Å². The highest BCUT2D eigenvalue weighted by molar-refractivity contribution is 7.91. The summed E-state index contributed by atoms with van der Waals surface area (Å²) in [6, 6.07) is 1.54. The van der Waals surface area contributed by atoms with Crippen molar-refractivity contribution in [3.63, 3.8) is 0 Å². The van der Waals surface area contributed by atoms with Gasteiger partial charge >= 0.3 is 6.18 Å². The molecule has 1 atom stereocenters. The third-order valence-corrected chi connectivity index (χ3v) is 6.17. The summed E-state index contributed by atoms with van der Waals surface area (Å²) >= 11 is 0. The quantitative estimate of drug-likeness (QED) is 0.620. The van der Waals surface area contributed by atoms with E-state index < -0.39 is 61.6 Å². The summed E-state index contributed by atoms with van der Waals surface area (Å²) in [5.41, 5.74) is -2.45. The van der Waals surface area contributed by atoms with E-state index in [1.807, 2.05) is 5.32 Å². The highest BCUT2D eigenvalue weighted by Gasteiger charge is 2.37. The second kappa shape index (κ2) is 9.10. The van der Waals surface area contributed by atoms with Crippen LogP contribution in [0.3, 0.4) is 0 Å². The molecule has 0 aliphatic carbocycles. The number of hydrogen-bond donors (Lipinski definition) is 1. The van der Waals surface area contributed by atoms with Gasteiger partial charge in [-0.05, 0) is 19.1 Å². The Bertz CT molecular complexity index is 1060. The van der Waals surface area contributed by atoms with Crippen LogP contribution >= 0.6 is 13.5 Å². The molecule has 0 saturated carbocycles. The summed E-state index contributed by atoms with van der Waals surface area (Å²) < 4.78 is 105. The van der Waals surface area contributed by atoms with E-state index in [1.165, 1.54) is 0 Å². The Balaban J connectivity index is 0.00000480. The van der Waals surface area contributed by atoms with Crippen molar-refractivity contribution >= 4 is 34.9 Å². The lowest BCUT2D eigenvalue weighted by Crippen LogP contribution is -2.29. The van der Waals surface area contributed by atoms with Gasteiger partial charge in [0.1, 0.15) is 16.3 Å². The molecule has 2 aromatic heterocycles. The van der Waals surface area contributed by atoms with Crippen LogP contribution < -0.4 is 5.32 Å². The number of aromatic nitrogens is 2. The zero-order valence-corrected chi connectivity index (χ0v) is 18.2. The van der Waals surface area contributed by atoms with Gasteiger partial charge in [-0.1, -0.05) is 6.92 Å². The fraction of sp³-hybridized carbons (Fsp3) is 0.412. The molecule has 14 heteroatoms. The lowest BCUT2D eigenvalue weighted by atomic mass is 10.1. The number of hydrogen-bond acceptors (Lipinski definition) is 4. The van der Waals surface area contributed by atoms with E-state index in [9.17, 15) is 39.6 Å². The Labute approximate surface area is 181 Å². The van der Waals surface area contributed by atoms with Crippen molar-refractivity contribution < 1.29 is 39.6 Å². The third-order valence-electron chi connectivity index (χ3n) is 4.28. The molecular formula is C17H19F6N3O3S2. The number of rotatable bonds is 6. The number of amides is 1. The van der Waals surface area contributed by atoms with Crippen molar-refractivity contribution in [3.8, 4) is 0 Å². The predicted octanol–water partition coefficient (Wildman–Crippen LogP) is 4.01. The largest absolute Gasteiger partial charge is 0.433 e. The zero-order valence-electron chi connectivity index (χ0n) is 16.4. The molecule has 6 nitrogen and oxygen atoms in total. The van der Waals surface area contributed by atoms with Crippen molar-refractivity contribution in [1.29, 1.82) is 0 Å². The number of nitrogens with zero attached hydrogens (tertiary/aromatic N) is 2. The Kier molecular flexibility index (Phi) is 7.87. The maximum absolute atomic E-state index is 14.7. The topological polar surface area (TPSA) is 81.1 Å². The van der Waals surface area contributed by atoms with Crippen molar-refractivity contribution in [1.82, 2.24) is 9.55 Å². The van der Waals surface area contributed by atoms with Crippen LogP contribution in [0.5, 0.6) is 0 Å². The Morgan fingerprint density at radius 3 is 2.35 bits per heavy atom. The Morgan fingerprint density at radius 2 is 1.84 bits per heavy atom. The molecule has 0 aliphatic heterocycles. The number of pyridine rings is 1. The number of carbonyl (C=O) groups excluding carboxylic acids is 1. The van der Waals surface area contributed by atoms with Crippen LogP contribution in [0.4, 0.5) is 32.0 Å². The number of aryl methyl sites for hydroxylation is 1. The van der Waals surface area contributed by atoms with E-state index in [0.717, 1.165) is 37.0 Å². The Morgan fingerprint density at radius 1 is 1.26 bits per heavy atom. The minimum Gasteiger partial charge on any atom is -0.343 e. The van der Waals surface area contributed by atoms with Gasteiger partial charge in [0.25, 0.3) is 5.91 Å². The molecule has 2 aromatic rings. The van der Waals surface area contributed by atoms with E-state index >= 15 is 0 Å². The SMILES string of the molecule is C[C@H](CS(=O)(=O)c1cn(C)c(C(=O)Nc2ccnc(C(F)(F)F)c2)c1F)C(C)(F)F.S. The van der Waals surface area contributed by atoms with Crippen LogP contribution in [0.15, 0.2) is 29.4 Å². The molecule has 0 aliphatic rings. The minimum atomic E-state index is -4.78. The summed E-state index contributed by atoms with van der Waals surface area (Å²) in [6.07, 6.45) is -3.26. The molecule has 1 amide bonds. The van der Waals surface area contributed by atoms with Crippen LogP contribution in [0, 0.1) is 11.7 Å². The van der Waals surface area contributed by atoms with Crippen LogP contribution in [-0.4, -0.2) is 35.6 Å². The smallest absolute Gasteiger partial charge is 0.343 e. The van der Waals surface area contributed by atoms with E-state index in [4.69, 9.17) is 0 Å². The van der Waals surface area contributed by atoms with E-state index in [2.05, 4.69) is 4.98 Å². The molecular weight excluding hydrogens is 472 g/mol. The number of carbonyl (C=O) groups is 1. The normalized spacial score (nSPS) is 13.5. The lowest BCUT2D eigenvalue weighted by Gasteiger charge is -2.18. The second-order valence-electron chi connectivity index (χ2n) is 6.79. The van der Waals surface area contributed by atoms with Gasteiger partial charge in [-0.15, -0.1) is 0 Å². The molecule has 1 N–H and O–H groups in total. The van der Waals surface area contributed by atoms with Crippen LogP contribution in [0.25, 0.3) is 0 Å². The average molecular weight is 491 g/mol. The van der Waals surface area contributed by atoms with Gasteiger partial charge in [-0.2, -0.15) is 26.7 Å². The number of alkyl halides is 5. The van der Waals surface area contributed by atoms with Gasteiger partial charge in [-0.3, -0.25) is 9.78 Å². The van der Waals surface area contributed by atoms with Crippen LogP contribution in [0.1, 0.15) is 30.0 Å². The van der Waals surface area contributed by atoms with Crippen molar-refractivity contribution in [2.75, 3.05) is 11.1 Å². The van der Waals surface area contributed by atoms with Crippen molar-refractivity contribution in [2.45, 2.75) is 30.8 Å². The molecule has 2 rings (SSSR count). The van der Waals surface area contributed by atoms with Gasteiger partial charge in [-0.25, -0.2) is 21.6 Å². The fourth-order valence-corrected chi connectivity index (χ4v) is 4.28. The summed E-state index contributed by atoms with van der Waals surface area (Å²) in [5.74, 6) is -8.76. The molecule has 0 unspecified atom stereocenters. The first-order valence-electron chi connectivity index (χ1n) is 8.34. The Hall–Kier alpha value is -2.22. The standard InChI is InChI=1S/C17H17F6N3O3S.H2S/c1-9(16(2,19)20)8-30(28,29)11-7-26(3)14(13(11)18)15(27)25-10-4-5-24-12(6-10)17(21,22)23;/h4-7,9H,8H2,1-3H3,(H,24,25,27);1H2/t9-;/m1./s1. The minimum absolute atomic E-state index is 0. The van der Waals surface area contributed by atoms with Gasteiger partial charge in [0.15, 0.2) is 15.7 Å². The van der Waals surface area contributed by atoms with E-state index in [-0.39, 0.29) is 19.2 Å². The van der Waals surface area contributed by atoms with Crippen molar-refractivity contribution in [2.24, 2.45) is 13.0 Å². The van der Waals surface area contributed by atoms with Gasteiger partial charge in [0.05, 0.1) is 5.75 Å². The number of nitrogens with one attached hydrogen (secondary N) is 1. The molecule has 0 fully saturated rings. The molecule has 31 heavy (non-hydrogen) atoms. The number of sulfone groups is 1. The summed E-state index contributed by atoms with van der Waals surface area (Å²) in [6.45, 7) is 1.50. The van der Waals surface area contributed by atoms with Crippen LogP contribution in [0.2, 0.25) is 0 Å². The molecule has 0 saturated heterocycles. The first-order valence-corrected chi connectivity index (χ1v) is 9.99. The number of anilines is 1. The summed E-state index contributed by atoms with van der Waals surface area (Å²) in [5, 5.41) is 2.03. The number of halogens is 6. The first kappa shape index (κ1) is 26.8. The molecule has 174 valence electrons. The zero-order chi connectivity index (χ0) is 23.1. The molecule has 0 aromatic carbocycles. The van der Waals surface area contributed by atoms with Crippen LogP contribution in [-0.2, 0) is 23.1 Å². The molecule has 0 spiro atoms. The van der Waals surface area contributed by atoms with Gasteiger partial charge in [0, 0.05) is 31.0 Å². The first-order chi connectivity index (χ1) is 13.5. The van der Waals surface area contributed by atoms with Gasteiger partial charge < -0.3 is 9.88 Å². The molecule has 0 bridgehead atoms. The molecule has 2 heterocycles. The van der Waals surface area contributed by atoms with E-state index in [1.54, 1.807) is 0 Å². The monoisotopic (exact) mass is 491 g/mol. The predicted molar refractivity (Wildman–Crippen MR) is 105 cm³/mol.